The van der Waals surface area contributed by atoms with Crippen molar-refractivity contribution in [3.05, 3.63) is 41.5 Å². The summed E-state index contributed by atoms with van der Waals surface area (Å²) in [7, 11) is 0. The number of carbonyl (C=O) groups excluding carboxylic acids is 2. The maximum Gasteiger partial charge on any atom is 0.245 e. The summed E-state index contributed by atoms with van der Waals surface area (Å²) in [6, 6.07) is 8.33. The number of rotatable bonds is 4. The van der Waals surface area contributed by atoms with E-state index >= 15 is 0 Å². The van der Waals surface area contributed by atoms with E-state index in [0.717, 1.165) is 5.56 Å². The maximum atomic E-state index is 12.2. The lowest BCUT2D eigenvalue weighted by atomic mass is 10.1. The van der Waals surface area contributed by atoms with Gasteiger partial charge in [-0.3, -0.25) is 9.59 Å². The Labute approximate surface area is 135 Å². The average molecular weight is 313 g/mol. The van der Waals surface area contributed by atoms with E-state index in [1.54, 1.807) is 42.2 Å². The molecule has 1 aliphatic heterocycles. The Morgan fingerprint density at radius 3 is 2.57 bits per heavy atom. The highest BCUT2D eigenvalue weighted by molar-refractivity contribution is 5.95. The number of nitrogens with one attached hydrogen (secondary N) is 1. The molecule has 120 valence electrons. The lowest BCUT2D eigenvalue weighted by molar-refractivity contribution is -0.138. The van der Waals surface area contributed by atoms with E-state index < -0.39 is 6.04 Å². The Morgan fingerprint density at radius 2 is 1.96 bits per heavy atom. The molecule has 1 atom stereocenters. The number of hydrogen-bond acceptors (Lipinski definition) is 4. The van der Waals surface area contributed by atoms with E-state index in [0.29, 0.717) is 31.9 Å². The van der Waals surface area contributed by atoms with Crippen molar-refractivity contribution in [2.24, 2.45) is 0 Å². The first-order valence-electron chi connectivity index (χ1n) is 7.45. The molecule has 1 saturated heterocycles. The number of ether oxygens (including phenoxy) is 1. The van der Waals surface area contributed by atoms with Crippen molar-refractivity contribution in [2.45, 2.75) is 13.0 Å². The summed E-state index contributed by atoms with van der Waals surface area (Å²) in [4.78, 5) is 25.8. The van der Waals surface area contributed by atoms with Gasteiger partial charge in [-0.1, -0.05) is 12.1 Å². The number of amides is 2. The minimum atomic E-state index is -0.578. The molecule has 23 heavy (non-hydrogen) atoms. The smallest absolute Gasteiger partial charge is 0.245 e. The van der Waals surface area contributed by atoms with Crippen LogP contribution in [0.25, 0.3) is 6.08 Å². The zero-order valence-electron chi connectivity index (χ0n) is 13.0. The monoisotopic (exact) mass is 313 g/mol. The first-order chi connectivity index (χ1) is 11.1. The van der Waals surface area contributed by atoms with E-state index in [2.05, 4.69) is 5.32 Å². The highest BCUT2D eigenvalue weighted by atomic mass is 16.5. The van der Waals surface area contributed by atoms with Gasteiger partial charge in [0.15, 0.2) is 0 Å². The van der Waals surface area contributed by atoms with Crippen LogP contribution in [0.15, 0.2) is 30.3 Å². The molecule has 0 unspecified atom stereocenters. The van der Waals surface area contributed by atoms with Crippen molar-refractivity contribution in [3.8, 4) is 6.07 Å². The van der Waals surface area contributed by atoms with Gasteiger partial charge in [0.1, 0.15) is 6.04 Å². The van der Waals surface area contributed by atoms with Gasteiger partial charge < -0.3 is 15.0 Å². The first-order valence-corrected chi connectivity index (χ1v) is 7.45. The largest absolute Gasteiger partial charge is 0.378 e. The summed E-state index contributed by atoms with van der Waals surface area (Å²) in [5, 5.41) is 11.4. The van der Waals surface area contributed by atoms with E-state index in [4.69, 9.17) is 10.00 Å². The molecule has 6 heteroatoms. The number of nitriles is 1. The molecule has 1 aromatic carbocycles. The molecule has 1 aromatic rings. The second kappa shape index (κ2) is 8.11. The van der Waals surface area contributed by atoms with Crippen molar-refractivity contribution in [2.75, 3.05) is 26.3 Å². The third-order valence-corrected chi connectivity index (χ3v) is 3.52. The predicted octanol–water partition coefficient (Wildman–Crippen LogP) is 0.935. The van der Waals surface area contributed by atoms with E-state index in [1.165, 1.54) is 6.08 Å². The molecule has 0 radical (unpaired) electrons. The molecule has 6 nitrogen and oxygen atoms in total. The van der Waals surface area contributed by atoms with Gasteiger partial charge in [-0.15, -0.1) is 0 Å². The molecular formula is C17H19N3O3. The van der Waals surface area contributed by atoms with Crippen LogP contribution in [-0.2, 0) is 14.3 Å². The van der Waals surface area contributed by atoms with E-state index in [9.17, 15) is 9.59 Å². The zero-order valence-corrected chi connectivity index (χ0v) is 13.0. The summed E-state index contributed by atoms with van der Waals surface area (Å²) in [5.74, 6) is -0.433. The van der Waals surface area contributed by atoms with Gasteiger partial charge in [-0.05, 0) is 30.7 Å². The molecule has 0 saturated carbocycles. The number of nitrogens with zero attached hydrogens (tertiary/aromatic N) is 2. The number of hydrogen-bond donors (Lipinski definition) is 1. The number of carbonyl (C=O) groups is 2. The minimum absolute atomic E-state index is 0.103. The fourth-order valence-electron chi connectivity index (χ4n) is 2.22. The Morgan fingerprint density at radius 1 is 1.30 bits per heavy atom. The van der Waals surface area contributed by atoms with Crippen LogP contribution in [-0.4, -0.2) is 49.1 Å². The summed E-state index contributed by atoms with van der Waals surface area (Å²) >= 11 is 0. The average Bonchev–Trinajstić information content (AvgIpc) is 2.60. The SMILES string of the molecule is C[C@H](NC(=O)/C=C/c1ccc(C#N)cc1)C(=O)N1CCOCC1. The summed E-state index contributed by atoms with van der Waals surface area (Å²) < 4.78 is 5.20. The molecule has 0 spiro atoms. The van der Waals surface area contributed by atoms with E-state index in [1.807, 2.05) is 6.07 Å². The summed E-state index contributed by atoms with van der Waals surface area (Å²) in [6.45, 7) is 3.85. The van der Waals surface area contributed by atoms with Gasteiger partial charge in [-0.2, -0.15) is 5.26 Å². The fraction of sp³-hybridized carbons (Fsp3) is 0.353. The van der Waals surface area contributed by atoms with Gasteiger partial charge >= 0.3 is 0 Å². The summed E-state index contributed by atoms with van der Waals surface area (Å²) in [5.41, 5.74) is 1.38. The third-order valence-electron chi connectivity index (χ3n) is 3.52. The number of morpholine rings is 1. The van der Waals surface area contributed by atoms with E-state index in [-0.39, 0.29) is 11.8 Å². The molecule has 2 amide bonds. The molecular weight excluding hydrogens is 294 g/mol. The van der Waals surface area contributed by atoms with Crippen LogP contribution in [0.5, 0.6) is 0 Å². The van der Waals surface area contributed by atoms with Crippen LogP contribution in [0.3, 0.4) is 0 Å². The topological polar surface area (TPSA) is 82.4 Å². The van der Waals surface area contributed by atoms with Crippen LogP contribution in [0.4, 0.5) is 0 Å². The van der Waals surface area contributed by atoms with Crippen molar-refractivity contribution >= 4 is 17.9 Å². The van der Waals surface area contributed by atoms with Crippen LogP contribution in [0.2, 0.25) is 0 Å². The molecule has 0 aromatic heterocycles. The Hall–Kier alpha value is -2.65. The lowest BCUT2D eigenvalue weighted by Gasteiger charge is -2.29. The predicted molar refractivity (Wildman–Crippen MR) is 85.2 cm³/mol. The molecule has 2 rings (SSSR count). The van der Waals surface area contributed by atoms with Crippen molar-refractivity contribution in [1.29, 1.82) is 5.26 Å². The Bertz CT molecular complexity index is 625. The number of benzene rings is 1. The van der Waals surface area contributed by atoms with Gasteiger partial charge in [-0.25, -0.2) is 0 Å². The highest BCUT2D eigenvalue weighted by Crippen LogP contribution is 2.05. The maximum absolute atomic E-state index is 12.2. The zero-order chi connectivity index (χ0) is 16.7. The Balaban J connectivity index is 1.86. The minimum Gasteiger partial charge on any atom is -0.378 e. The Kier molecular flexibility index (Phi) is 5.89. The molecule has 0 aliphatic carbocycles. The third kappa shape index (κ3) is 4.94. The fourth-order valence-corrected chi connectivity index (χ4v) is 2.22. The van der Waals surface area contributed by atoms with Crippen LogP contribution in [0.1, 0.15) is 18.1 Å². The van der Waals surface area contributed by atoms with Crippen LogP contribution >= 0.6 is 0 Å². The van der Waals surface area contributed by atoms with Crippen LogP contribution < -0.4 is 5.32 Å². The molecule has 1 N–H and O–H groups in total. The highest BCUT2D eigenvalue weighted by Gasteiger charge is 2.22. The normalized spacial score (nSPS) is 15.9. The molecule has 0 bridgehead atoms. The standard InChI is InChI=1S/C17H19N3O3/c1-13(17(22)20-8-10-23-11-9-20)19-16(21)7-6-14-2-4-15(12-18)5-3-14/h2-7,13H,8-11H2,1H3,(H,19,21)/b7-6+/t13-/m0/s1. The quantitative estimate of drug-likeness (QED) is 0.839. The van der Waals surface area contributed by atoms with Crippen LogP contribution in [0, 0.1) is 11.3 Å². The van der Waals surface area contributed by atoms with Gasteiger partial charge in [0, 0.05) is 19.2 Å². The van der Waals surface area contributed by atoms with Crippen molar-refractivity contribution < 1.29 is 14.3 Å². The molecule has 1 aliphatic rings. The van der Waals surface area contributed by atoms with Crippen molar-refractivity contribution in [1.82, 2.24) is 10.2 Å². The first kappa shape index (κ1) is 16.7. The molecule has 1 heterocycles. The second-order valence-corrected chi connectivity index (χ2v) is 5.24. The van der Waals surface area contributed by atoms with Gasteiger partial charge in [0.05, 0.1) is 24.8 Å². The molecule has 1 fully saturated rings. The summed E-state index contributed by atoms with van der Waals surface area (Å²) in [6.07, 6.45) is 3.02. The second-order valence-electron chi connectivity index (χ2n) is 5.24. The van der Waals surface area contributed by atoms with Gasteiger partial charge in [0.25, 0.3) is 0 Å². The van der Waals surface area contributed by atoms with Gasteiger partial charge in [0.2, 0.25) is 11.8 Å². The van der Waals surface area contributed by atoms with Crippen molar-refractivity contribution in [3.63, 3.8) is 0 Å². The lowest BCUT2D eigenvalue weighted by Crippen LogP contribution is -2.50.